The molecule has 2 aliphatic heterocycles. The molecule has 0 aromatic heterocycles. The molecule has 2 heteroatoms. The van der Waals surface area contributed by atoms with Crippen molar-refractivity contribution >= 4 is 0 Å². The molecule has 2 saturated heterocycles. The van der Waals surface area contributed by atoms with Crippen LogP contribution in [0, 0.1) is 23.2 Å². The lowest BCUT2D eigenvalue weighted by Gasteiger charge is -2.30. The molecule has 0 aromatic rings. The fraction of sp³-hybridized carbons (Fsp3) is 1.00. The van der Waals surface area contributed by atoms with Crippen molar-refractivity contribution in [2.75, 3.05) is 32.7 Å². The maximum atomic E-state index is 3.56. The zero-order chi connectivity index (χ0) is 13.9. The predicted octanol–water partition coefficient (Wildman–Crippen LogP) is 3.38. The molecule has 3 atom stereocenters. The Morgan fingerprint density at radius 2 is 2.05 bits per heavy atom. The van der Waals surface area contributed by atoms with Gasteiger partial charge in [0.05, 0.1) is 0 Å². The van der Waals surface area contributed by atoms with E-state index >= 15 is 0 Å². The van der Waals surface area contributed by atoms with E-state index in [1.807, 2.05) is 0 Å². The number of hydrogen-bond acceptors (Lipinski definition) is 2. The van der Waals surface area contributed by atoms with Crippen molar-refractivity contribution in [1.82, 2.24) is 10.2 Å². The third kappa shape index (κ3) is 4.46. The van der Waals surface area contributed by atoms with Crippen LogP contribution < -0.4 is 5.32 Å². The minimum absolute atomic E-state index is 0.494. The number of hydrogen-bond donors (Lipinski definition) is 1. The quantitative estimate of drug-likeness (QED) is 0.839. The van der Waals surface area contributed by atoms with Crippen LogP contribution in [0.5, 0.6) is 0 Å². The van der Waals surface area contributed by atoms with Crippen molar-refractivity contribution in [1.29, 1.82) is 0 Å². The topological polar surface area (TPSA) is 15.3 Å². The largest absolute Gasteiger partial charge is 0.316 e. The highest BCUT2D eigenvalue weighted by atomic mass is 15.1. The van der Waals surface area contributed by atoms with Gasteiger partial charge in [-0.2, -0.15) is 0 Å². The third-order valence-corrected chi connectivity index (χ3v) is 5.54. The Morgan fingerprint density at radius 3 is 2.63 bits per heavy atom. The van der Waals surface area contributed by atoms with Crippen molar-refractivity contribution in [3.8, 4) is 0 Å². The lowest BCUT2D eigenvalue weighted by molar-refractivity contribution is 0.206. The Labute approximate surface area is 120 Å². The van der Waals surface area contributed by atoms with Gasteiger partial charge in [0.15, 0.2) is 0 Å². The summed E-state index contributed by atoms with van der Waals surface area (Å²) in [5, 5.41) is 3.56. The predicted molar refractivity (Wildman–Crippen MR) is 83.4 cm³/mol. The van der Waals surface area contributed by atoms with Gasteiger partial charge in [-0.05, 0) is 75.0 Å². The summed E-state index contributed by atoms with van der Waals surface area (Å²) in [6, 6.07) is 0. The molecule has 2 rings (SSSR count). The van der Waals surface area contributed by atoms with Crippen LogP contribution in [0.1, 0.15) is 53.4 Å². The smallest absolute Gasteiger partial charge is 0.00151 e. The molecule has 2 fully saturated rings. The fourth-order valence-corrected chi connectivity index (χ4v) is 3.73. The van der Waals surface area contributed by atoms with Crippen molar-refractivity contribution in [3.05, 3.63) is 0 Å². The maximum Gasteiger partial charge on any atom is 0.00151 e. The first-order valence-electron chi connectivity index (χ1n) is 8.40. The molecule has 2 heterocycles. The number of rotatable bonds is 4. The first-order valence-corrected chi connectivity index (χ1v) is 8.40. The number of likely N-dealkylation sites (tertiary alicyclic amines) is 1. The first-order chi connectivity index (χ1) is 8.97. The van der Waals surface area contributed by atoms with E-state index in [0.717, 1.165) is 17.8 Å². The van der Waals surface area contributed by atoms with Crippen LogP contribution in [0.15, 0.2) is 0 Å². The van der Waals surface area contributed by atoms with Gasteiger partial charge in [-0.25, -0.2) is 0 Å². The molecular weight excluding hydrogens is 232 g/mol. The van der Waals surface area contributed by atoms with Crippen molar-refractivity contribution in [3.63, 3.8) is 0 Å². The summed E-state index contributed by atoms with van der Waals surface area (Å²) in [5.41, 5.74) is 0.494. The normalized spacial score (nSPS) is 31.6. The van der Waals surface area contributed by atoms with Gasteiger partial charge in [0.2, 0.25) is 0 Å². The van der Waals surface area contributed by atoms with Gasteiger partial charge in [-0.1, -0.05) is 27.7 Å². The minimum atomic E-state index is 0.494. The van der Waals surface area contributed by atoms with Crippen LogP contribution in [-0.4, -0.2) is 37.6 Å². The van der Waals surface area contributed by atoms with E-state index < -0.39 is 0 Å². The van der Waals surface area contributed by atoms with Crippen LogP contribution in [0.2, 0.25) is 0 Å². The molecule has 3 unspecified atom stereocenters. The van der Waals surface area contributed by atoms with E-state index in [0.29, 0.717) is 5.41 Å². The molecule has 1 N–H and O–H groups in total. The Morgan fingerprint density at radius 1 is 1.26 bits per heavy atom. The van der Waals surface area contributed by atoms with Gasteiger partial charge in [0, 0.05) is 6.54 Å². The standard InChI is InChI=1S/C17H34N2/c1-14(15-6-5-9-18-12-15)7-10-19-11-8-16(13-19)17(2,3)4/h14-16,18H,5-13H2,1-4H3. The minimum Gasteiger partial charge on any atom is -0.316 e. The Hall–Kier alpha value is -0.0800. The molecule has 0 saturated carbocycles. The molecule has 2 nitrogen and oxygen atoms in total. The first kappa shape index (κ1) is 15.3. The van der Waals surface area contributed by atoms with E-state index in [1.165, 1.54) is 58.4 Å². The SMILES string of the molecule is CC(CCN1CCC(C(C)(C)C)C1)C1CCCNC1. The van der Waals surface area contributed by atoms with Gasteiger partial charge in [0.25, 0.3) is 0 Å². The second-order valence-corrected chi connectivity index (χ2v) is 8.02. The van der Waals surface area contributed by atoms with Gasteiger partial charge < -0.3 is 10.2 Å². The van der Waals surface area contributed by atoms with E-state index in [2.05, 4.69) is 37.9 Å². The summed E-state index contributed by atoms with van der Waals surface area (Å²) in [5.74, 6) is 2.72. The Kier molecular flexibility index (Phi) is 5.30. The zero-order valence-corrected chi connectivity index (χ0v) is 13.5. The summed E-state index contributed by atoms with van der Waals surface area (Å²) in [4.78, 5) is 2.71. The number of piperidine rings is 1. The third-order valence-electron chi connectivity index (χ3n) is 5.54. The molecule has 0 bridgehead atoms. The van der Waals surface area contributed by atoms with E-state index in [4.69, 9.17) is 0 Å². The van der Waals surface area contributed by atoms with Gasteiger partial charge in [0.1, 0.15) is 0 Å². The molecule has 112 valence electrons. The molecule has 0 aliphatic carbocycles. The van der Waals surface area contributed by atoms with Crippen LogP contribution in [0.3, 0.4) is 0 Å². The van der Waals surface area contributed by atoms with Gasteiger partial charge >= 0.3 is 0 Å². The monoisotopic (exact) mass is 266 g/mol. The van der Waals surface area contributed by atoms with Crippen LogP contribution in [0.4, 0.5) is 0 Å². The molecule has 19 heavy (non-hydrogen) atoms. The van der Waals surface area contributed by atoms with Crippen molar-refractivity contribution in [2.24, 2.45) is 23.2 Å². The van der Waals surface area contributed by atoms with E-state index in [1.54, 1.807) is 0 Å². The second-order valence-electron chi connectivity index (χ2n) is 8.02. The molecule has 0 amide bonds. The van der Waals surface area contributed by atoms with Gasteiger partial charge in [-0.15, -0.1) is 0 Å². The van der Waals surface area contributed by atoms with Crippen molar-refractivity contribution in [2.45, 2.75) is 53.4 Å². The summed E-state index contributed by atoms with van der Waals surface area (Å²) < 4.78 is 0. The summed E-state index contributed by atoms with van der Waals surface area (Å²) in [7, 11) is 0. The highest BCUT2D eigenvalue weighted by Crippen LogP contribution is 2.34. The lowest BCUT2D eigenvalue weighted by Crippen LogP contribution is -2.35. The Balaban J connectivity index is 1.68. The van der Waals surface area contributed by atoms with Crippen molar-refractivity contribution < 1.29 is 0 Å². The van der Waals surface area contributed by atoms with Crippen LogP contribution >= 0.6 is 0 Å². The zero-order valence-electron chi connectivity index (χ0n) is 13.5. The number of nitrogens with zero attached hydrogens (tertiary/aromatic N) is 1. The average molecular weight is 266 g/mol. The van der Waals surface area contributed by atoms with Crippen LogP contribution in [0.25, 0.3) is 0 Å². The Bertz CT molecular complexity index is 263. The van der Waals surface area contributed by atoms with E-state index in [9.17, 15) is 0 Å². The van der Waals surface area contributed by atoms with E-state index in [-0.39, 0.29) is 0 Å². The fourth-order valence-electron chi connectivity index (χ4n) is 3.73. The van der Waals surface area contributed by atoms with Crippen LogP contribution in [-0.2, 0) is 0 Å². The molecule has 0 radical (unpaired) electrons. The molecular formula is C17H34N2. The average Bonchev–Trinajstić information content (AvgIpc) is 2.86. The number of nitrogens with one attached hydrogen (secondary N) is 1. The highest BCUT2D eigenvalue weighted by Gasteiger charge is 2.31. The second kappa shape index (κ2) is 6.58. The molecule has 2 aliphatic rings. The summed E-state index contributed by atoms with van der Waals surface area (Å²) in [6.45, 7) is 16.1. The maximum absolute atomic E-state index is 3.56. The van der Waals surface area contributed by atoms with Gasteiger partial charge in [-0.3, -0.25) is 0 Å². The molecule has 0 aromatic carbocycles. The summed E-state index contributed by atoms with van der Waals surface area (Å²) >= 11 is 0. The highest BCUT2D eigenvalue weighted by molar-refractivity contribution is 4.84. The lowest BCUT2D eigenvalue weighted by atomic mass is 9.80. The summed E-state index contributed by atoms with van der Waals surface area (Å²) in [6.07, 6.45) is 5.62. The molecule has 0 spiro atoms.